The Morgan fingerprint density at radius 3 is 2.45 bits per heavy atom. The van der Waals surface area contributed by atoms with Gasteiger partial charge in [-0.2, -0.15) is 13.2 Å². The highest BCUT2D eigenvalue weighted by molar-refractivity contribution is 5.87. The molecule has 5 rings (SSSR count). The molecule has 3 aromatic rings. The van der Waals surface area contributed by atoms with E-state index in [0.717, 1.165) is 44.1 Å². The minimum atomic E-state index is -4.30. The summed E-state index contributed by atoms with van der Waals surface area (Å²) in [6.45, 7) is 2.62. The minimum absolute atomic E-state index is 0.573. The number of rotatable bonds is 4. The molecule has 0 bridgehead atoms. The van der Waals surface area contributed by atoms with E-state index in [9.17, 15) is 13.2 Å². The van der Waals surface area contributed by atoms with E-state index >= 15 is 0 Å². The number of benzene rings is 3. The van der Waals surface area contributed by atoms with Crippen molar-refractivity contribution in [3.05, 3.63) is 88.5 Å². The molecule has 0 fully saturated rings. The van der Waals surface area contributed by atoms with Crippen molar-refractivity contribution in [2.45, 2.75) is 38.3 Å². The third-order valence-electron chi connectivity index (χ3n) is 6.73. The molecule has 0 radical (unpaired) electrons. The lowest BCUT2D eigenvalue weighted by molar-refractivity contribution is -0.137. The van der Waals surface area contributed by atoms with Crippen molar-refractivity contribution in [2.24, 2.45) is 0 Å². The van der Waals surface area contributed by atoms with Crippen LogP contribution in [-0.2, 0) is 25.4 Å². The van der Waals surface area contributed by atoms with Crippen molar-refractivity contribution < 1.29 is 13.2 Å². The predicted octanol–water partition coefficient (Wildman–Crippen LogP) is 6.68. The Kier molecular flexibility index (Phi) is 5.35. The highest BCUT2D eigenvalue weighted by Gasteiger charge is 2.30. The van der Waals surface area contributed by atoms with Crippen LogP contribution in [0.2, 0.25) is 0 Å². The maximum atomic E-state index is 13.0. The fourth-order valence-corrected chi connectivity index (χ4v) is 4.99. The van der Waals surface area contributed by atoms with Gasteiger partial charge in [0.1, 0.15) is 0 Å². The van der Waals surface area contributed by atoms with Crippen molar-refractivity contribution in [1.82, 2.24) is 4.90 Å². The second-order valence-corrected chi connectivity index (χ2v) is 8.72. The summed E-state index contributed by atoms with van der Waals surface area (Å²) in [7, 11) is 0. The van der Waals surface area contributed by atoms with Gasteiger partial charge < -0.3 is 0 Å². The van der Waals surface area contributed by atoms with E-state index in [1.807, 2.05) is 0 Å². The first-order valence-corrected chi connectivity index (χ1v) is 11.1. The third kappa shape index (κ3) is 4.27. The van der Waals surface area contributed by atoms with Gasteiger partial charge in [-0.15, -0.1) is 0 Å². The largest absolute Gasteiger partial charge is 0.416 e. The second-order valence-electron chi connectivity index (χ2n) is 8.72. The Hall–Kier alpha value is -2.59. The Balaban J connectivity index is 1.27. The molecular formula is C27H26F3N. The van der Waals surface area contributed by atoms with Crippen molar-refractivity contribution in [3.8, 4) is 0 Å². The number of aryl methyl sites for hydroxylation is 2. The van der Waals surface area contributed by atoms with Crippen molar-refractivity contribution >= 4 is 16.3 Å². The molecule has 2 aliphatic rings. The molecular weight excluding hydrogens is 395 g/mol. The summed E-state index contributed by atoms with van der Waals surface area (Å²) < 4.78 is 39.0. The number of hydrogen-bond donors (Lipinski definition) is 0. The number of fused-ring (bicyclic) bond motifs is 2. The maximum absolute atomic E-state index is 13.0. The zero-order valence-electron chi connectivity index (χ0n) is 17.5. The fraction of sp³-hybridized carbons (Fsp3) is 0.333. The Labute approximate surface area is 181 Å². The lowest BCUT2D eigenvalue weighted by Crippen LogP contribution is -2.30. The molecule has 4 heteroatoms. The molecule has 160 valence electrons. The number of hydrogen-bond acceptors (Lipinski definition) is 1. The Bertz CT molecular complexity index is 1140. The van der Waals surface area contributed by atoms with Crippen LogP contribution >= 0.6 is 0 Å². The van der Waals surface area contributed by atoms with Gasteiger partial charge in [0.15, 0.2) is 0 Å². The first kappa shape index (κ1) is 20.3. The monoisotopic (exact) mass is 421 g/mol. The summed E-state index contributed by atoms with van der Waals surface area (Å²) in [5.74, 6) is 0. The minimum Gasteiger partial charge on any atom is -0.299 e. The van der Waals surface area contributed by atoms with Gasteiger partial charge >= 0.3 is 6.18 Å². The molecule has 1 nitrogen and oxygen atoms in total. The molecule has 0 saturated heterocycles. The van der Waals surface area contributed by atoms with Crippen LogP contribution < -0.4 is 0 Å². The molecule has 31 heavy (non-hydrogen) atoms. The van der Waals surface area contributed by atoms with E-state index in [2.05, 4.69) is 41.3 Å². The van der Waals surface area contributed by atoms with E-state index in [1.54, 1.807) is 6.07 Å². The lowest BCUT2D eigenvalue weighted by Gasteiger charge is -2.27. The third-order valence-corrected chi connectivity index (χ3v) is 6.73. The molecule has 0 aromatic heterocycles. The van der Waals surface area contributed by atoms with Crippen LogP contribution in [0.3, 0.4) is 0 Å². The molecule has 0 atom stereocenters. The van der Waals surface area contributed by atoms with Gasteiger partial charge in [-0.25, -0.2) is 0 Å². The van der Waals surface area contributed by atoms with Crippen LogP contribution in [0, 0.1) is 0 Å². The number of nitrogens with zero attached hydrogens (tertiary/aromatic N) is 1. The Morgan fingerprint density at radius 1 is 0.871 bits per heavy atom. The quantitative estimate of drug-likeness (QED) is 0.454. The second kappa shape index (κ2) is 8.16. The average molecular weight is 422 g/mol. The molecule has 0 amide bonds. The van der Waals surface area contributed by atoms with Crippen LogP contribution in [-0.4, -0.2) is 24.5 Å². The molecule has 1 aliphatic carbocycles. The standard InChI is InChI=1S/C27H26F3N/c28-27(29,30)25-9-3-7-22(17-25)19-10-13-31(14-11-19)15-12-20-4-1-8-24-16-21-5-2-6-23(21)18-26(20)24/h1,3-4,7-10,16-18H,2,5-6,11-15H2. The summed E-state index contributed by atoms with van der Waals surface area (Å²) in [5, 5.41) is 2.71. The van der Waals surface area contributed by atoms with Crippen LogP contribution in [0.15, 0.2) is 60.7 Å². The SMILES string of the molecule is FC(F)(F)c1cccc(C2=CCN(CCc3cccc4cc5c(cc34)CCC5)CC2)c1. The summed E-state index contributed by atoms with van der Waals surface area (Å²) in [6.07, 6.45) is 3.21. The van der Waals surface area contributed by atoms with E-state index in [1.165, 1.54) is 58.9 Å². The van der Waals surface area contributed by atoms with Gasteiger partial charge in [-0.1, -0.05) is 48.5 Å². The van der Waals surface area contributed by atoms with E-state index in [4.69, 9.17) is 0 Å². The van der Waals surface area contributed by atoms with Crippen LogP contribution in [0.25, 0.3) is 16.3 Å². The lowest BCUT2D eigenvalue weighted by atomic mass is 9.96. The zero-order chi connectivity index (χ0) is 21.4. The van der Waals surface area contributed by atoms with E-state index in [-0.39, 0.29) is 0 Å². The fourth-order valence-electron chi connectivity index (χ4n) is 4.99. The predicted molar refractivity (Wildman–Crippen MR) is 120 cm³/mol. The summed E-state index contributed by atoms with van der Waals surface area (Å²) in [5.41, 5.74) is 5.54. The normalized spacial score (nSPS) is 17.1. The topological polar surface area (TPSA) is 3.24 Å². The number of alkyl halides is 3. The molecule has 3 aromatic carbocycles. The van der Waals surface area contributed by atoms with Crippen molar-refractivity contribution in [2.75, 3.05) is 19.6 Å². The first-order valence-electron chi connectivity index (χ1n) is 11.1. The van der Waals surface area contributed by atoms with Crippen molar-refractivity contribution in [1.29, 1.82) is 0 Å². The molecule has 1 heterocycles. The maximum Gasteiger partial charge on any atom is 0.416 e. The smallest absolute Gasteiger partial charge is 0.299 e. The van der Waals surface area contributed by atoms with E-state index < -0.39 is 11.7 Å². The van der Waals surface area contributed by atoms with Crippen LogP contribution in [0.4, 0.5) is 13.2 Å². The average Bonchev–Trinajstić information content (AvgIpc) is 3.23. The summed E-state index contributed by atoms with van der Waals surface area (Å²) in [6, 6.07) is 17.1. The van der Waals surface area contributed by atoms with Gasteiger partial charge in [-0.3, -0.25) is 4.90 Å². The zero-order valence-corrected chi connectivity index (χ0v) is 17.5. The molecule has 0 N–H and O–H groups in total. The molecule has 0 saturated carbocycles. The highest BCUT2D eigenvalue weighted by atomic mass is 19.4. The van der Waals surface area contributed by atoms with E-state index in [0.29, 0.717) is 5.56 Å². The Morgan fingerprint density at radius 2 is 1.68 bits per heavy atom. The van der Waals surface area contributed by atoms with Gasteiger partial charge in [0.05, 0.1) is 5.56 Å². The van der Waals surface area contributed by atoms with Crippen LogP contribution in [0.5, 0.6) is 0 Å². The van der Waals surface area contributed by atoms with Crippen LogP contribution in [0.1, 0.15) is 40.7 Å². The highest BCUT2D eigenvalue weighted by Crippen LogP contribution is 2.33. The van der Waals surface area contributed by atoms with Gasteiger partial charge in [0.2, 0.25) is 0 Å². The summed E-state index contributed by atoms with van der Waals surface area (Å²) in [4.78, 5) is 2.39. The first-order chi connectivity index (χ1) is 15.0. The molecule has 0 spiro atoms. The summed E-state index contributed by atoms with van der Waals surface area (Å²) >= 11 is 0. The van der Waals surface area contributed by atoms with Gasteiger partial charge in [-0.05, 0) is 82.8 Å². The van der Waals surface area contributed by atoms with Gasteiger partial charge in [0, 0.05) is 19.6 Å². The molecule has 0 unspecified atom stereocenters. The van der Waals surface area contributed by atoms with Gasteiger partial charge in [0.25, 0.3) is 0 Å². The van der Waals surface area contributed by atoms with Crippen molar-refractivity contribution in [3.63, 3.8) is 0 Å². The number of halogens is 3. The molecule has 1 aliphatic heterocycles.